The Hall–Kier alpha value is -1.45. The molecular weight excluding hydrogens is 467 g/mol. The molecule has 4 rings (SSSR count). The first-order valence-electron chi connectivity index (χ1n) is 10.1. The van der Waals surface area contributed by atoms with Crippen LogP contribution in [0.25, 0.3) is 5.57 Å². The lowest BCUT2D eigenvalue weighted by Gasteiger charge is -2.41. The number of carbonyl (C=O) groups excluding carboxylic acids is 2. The highest BCUT2D eigenvalue weighted by Gasteiger charge is 2.29. The zero-order valence-electron chi connectivity index (χ0n) is 16.2. The second-order valence-electron chi connectivity index (χ2n) is 8.04. The summed E-state index contributed by atoms with van der Waals surface area (Å²) < 4.78 is 1.01. The Bertz CT molecular complexity index is 794. The molecule has 1 aromatic carbocycles. The van der Waals surface area contributed by atoms with Gasteiger partial charge in [-0.1, -0.05) is 0 Å². The summed E-state index contributed by atoms with van der Waals surface area (Å²) in [4.78, 5) is 29.5. The van der Waals surface area contributed by atoms with Gasteiger partial charge in [-0.15, -0.1) is 0 Å². The molecule has 2 N–H and O–H groups in total. The number of amides is 2. The van der Waals surface area contributed by atoms with Crippen LogP contribution in [0.5, 0.6) is 0 Å². The lowest BCUT2D eigenvalue weighted by atomic mass is 9.89. The molecule has 150 valence electrons. The van der Waals surface area contributed by atoms with Gasteiger partial charge in [-0.05, 0) is 73.5 Å². The van der Waals surface area contributed by atoms with E-state index in [4.69, 9.17) is 0 Å². The van der Waals surface area contributed by atoms with Gasteiger partial charge in [0.05, 0.1) is 5.57 Å². The fourth-order valence-electron chi connectivity index (χ4n) is 4.44. The maximum Gasteiger partial charge on any atom is 0.260 e. The lowest BCUT2D eigenvalue weighted by molar-refractivity contribution is -0.114. The minimum absolute atomic E-state index is 0.318. The van der Waals surface area contributed by atoms with Gasteiger partial charge in [-0.2, -0.15) is 0 Å². The number of piperazine rings is 1. The minimum Gasteiger partial charge on any atom is -0.388 e. The molecule has 1 aliphatic carbocycles. The van der Waals surface area contributed by atoms with Gasteiger partial charge < -0.3 is 10.2 Å². The van der Waals surface area contributed by atoms with Crippen LogP contribution in [0.2, 0.25) is 0 Å². The average Bonchev–Trinajstić information content (AvgIpc) is 2.68. The molecule has 0 unspecified atom stereocenters. The topological polar surface area (TPSA) is 64.7 Å². The van der Waals surface area contributed by atoms with Crippen molar-refractivity contribution in [1.29, 1.82) is 0 Å². The van der Waals surface area contributed by atoms with Crippen molar-refractivity contribution in [3.05, 3.63) is 39.1 Å². The molecule has 0 bridgehead atoms. The van der Waals surface area contributed by atoms with Crippen LogP contribution in [0.1, 0.15) is 41.6 Å². The third-order valence-corrected chi connectivity index (χ3v) is 6.87. The van der Waals surface area contributed by atoms with Gasteiger partial charge in [-0.3, -0.25) is 19.8 Å². The fraction of sp³-hybridized carbons (Fsp3) is 0.524. The second-order valence-corrected chi connectivity index (χ2v) is 9.29. The number of benzene rings is 1. The van der Waals surface area contributed by atoms with Crippen molar-refractivity contribution in [3.8, 4) is 0 Å². The summed E-state index contributed by atoms with van der Waals surface area (Å²) in [7, 11) is 2.19. The van der Waals surface area contributed by atoms with Crippen LogP contribution in [0.4, 0.5) is 0 Å². The zero-order valence-corrected chi connectivity index (χ0v) is 18.4. The molecule has 1 saturated heterocycles. The highest BCUT2D eigenvalue weighted by Crippen LogP contribution is 2.27. The smallest absolute Gasteiger partial charge is 0.260 e. The summed E-state index contributed by atoms with van der Waals surface area (Å²) in [6, 6.07) is 6.66. The second kappa shape index (κ2) is 8.51. The fourth-order valence-corrected chi connectivity index (χ4v) is 4.93. The largest absolute Gasteiger partial charge is 0.388 e. The Morgan fingerprint density at radius 2 is 1.75 bits per heavy atom. The number of rotatable bonds is 3. The SMILES string of the molecule is CN1CCN(C2CCC(NC=C3C(=O)NC(=O)c4ccc(I)cc43)CC2)CC1. The van der Waals surface area contributed by atoms with E-state index >= 15 is 0 Å². The Morgan fingerprint density at radius 3 is 2.46 bits per heavy atom. The first-order chi connectivity index (χ1) is 13.5. The van der Waals surface area contributed by atoms with Gasteiger partial charge >= 0.3 is 0 Å². The standard InChI is InChI=1S/C21H27IN4O2/c1-25-8-10-26(11-9-25)16-5-3-15(4-6-16)23-13-19-18-12-14(22)2-7-17(18)20(27)24-21(19)28/h2,7,12-13,15-16,23H,3-6,8-11H2,1H3,(H,24,27,28). The number of halogens is 1. The molecule has 0 spiro atoms. The van der Waals surface area contributed by atoms with Gasteiger partial charge in [-0.25, -0.2) is 0 Å². The molecule has 0 atom stereocenters. The Balaban J connectivity index is 1.39. The third kappa shape index (κ3) is 4.26. The van der Waals surface area contributed by atoms with E-state index in [-0.39, 0.29) is 11.8 Å². The van der Waals surface area contributed by atoms with Crippen LogP contribution in [-0.4, -0.2) is 66.9 Å². The van der Waals surface area contributed by atoms with Crippen molar-refractivity contribution in [2.24, 2.45) is 0 Å². The predicted molar refractivity (Wildman–Crippen MR) is 118 cm³/mol. The Morgan fingerprint density at radius 1 is 1.04 bits per heavy atom. The van der Waals surface area contributed by atoms with E-state index in [1.165, 1.54) is 25.9 Å². The van der Waals surface area contributed by atoms with E-state index in [9.17, 15) is 9.59 Å². The number of likely N-dealkylation sites (N-methyl/N-ethyl adjacent to an activating group) is 1. The summed E-state index contributed by atoms with van der Waals surface area (Å²) in [5.74, 6) is -0.639. The molecular formula is C21H27IN4O2. The van der Waals surface area contributed by atoms with Crippen molar-refractivity contribution in [2.45, 2.75) is 37.8 Å². The first-order valence-corrected chi connectivity index (χ1v) is 11.1. The van der Waals surface area contributed by atoms with E-state index in [1.807, 2.05) is 18.3 Å². The number of carbonyl (C=O) groups is 2. The zero-order chi connectivity index (χ0) is 19.7. The number of nitrogens with zero attached hydrogens (tertiary/aromatic N) is 2. The summed E-state index contributed by atoms with van der Waals surface area (Å²) in [5, 5.41) is 5.91. The van der Waals surface area contributed by atoms with E-state index < -0.39 is 0 Å². The van der Waals surface area contributed by atoms with Crippen LogP contribution in [0.3, 0.4) is 0 Å². The molecule has 2 aliphatic heterocycles. The molecule has 2 heterocycles. The van der Waals surface area contributed by atoms with E-state index in [0.29, 0.717) is 23.2 Å². The lowest BCUT2D eigenvalue weighted by Crippen LogP contribution is -2.50. The average molecular weight is 494 g/mol. The monoisotopic (exact) mass is 494 g/mol. The van der Waals surface area contributed by atoms with Gasteiger partial charge in [0, 0.05) is 59.2 Å². The van der Waals surface area contributed by atoms with Crippen LogP contribution in [-0.2, 0) is 4.79 Å². The number of hydrogen-bond acceptors (Lipinski definition) is 5. The van der Waals surface area contributed by atoms with Crippen molar-refractivity contribution < 1.29 is 9.59 Å². The molecule has 3 aliphatic rings. The van der Waals surface area contributed by atoms with Crippen LogP contribution >= 0.6 is 22.6 Å². The van der Waals surface area contributed by atoms with Gasteiger partial charge in [0.25, 0.3) is 11.8 Å². The van der Waals surface area contributed by atoms with Gasteiger partial charge in [0.15, 0.2) is 0 Å². The number of nitrogens with one attached hydrogen (secondary N) is 2. The van der Waals surface area contributed by atoms with Gasteiger partial charge in [0.1, 0.15) is 0 Å². The quantitative estimate of drug-likeness (QED) is 0.383. The summed E-state index contributed by atoms with van der Waals surface area (Å²) in [6.45, 7) is 4.67. The van der Waals surface area contributed by atoms with Crippen molar-refractivity contribution in [1.82, 2.24) is 20.4 Å². The molecule has 2 fully saturated rings. The summed E-state index contributed by atoms with van der Waals surface area (Å²) in [6.07, 6.45) is 6.44. The highest BCUT2D eigenvalue weighted by molar-refractivity contribution is 14.1. The number of imide groups is 1. The molecule has 1 saturated carbocycles. The van der Waals surface area contributed by atoms with Crippen molar-refractivity contribution >= 4 is 40.0 Å². The van der Waals surface area contributed by atoms with Crippen LogP contribution in [0, 0.1) is 3.57 Å². The summed E-state index contributed by atoms with van der Waals surface area (Å²) in [5.41, 5.74) is 1.83. The number of fused-ring (bicyclic) bond motifs is 1. The maximum absolute atomic E-state index is 12.4. The molecule has 1 aromatic rings. The van der Waals surface area contributed by atoms with Crippen molar-refractivity contribution in [2.75, 3.05) is 33.2 Å². The highest BCUT2D eigenvalue weighted by atomic mass is 127. The Labute approximate surface area is 179 Å². The molecule has 6 nitrogen and oxygen atoms in total. The maximum atomic E-state index is 12.4. The van der Waals surface area contributed by atoms with E-state index in [2.05, 4.69) is 50.1 Å². The first kappa shape index (κ1) is 19.8. The van der Waals surface area contributed by atoms with E-state index in [0.717, 1.165) is 35.1 Å². The molecule has 0 aromatic heterocycles. The predicted octanol–water partition coefficient (Wildman–Crippen LogP) is 2.05. The Kier molecular flexibility index (Phi) is 6.03. The molecule has 2 amide bonds. The molecule has 7 heteroatoms. The van der Waals surface area contributed by atoms with E-state index in [1.54, 1.807) is 6.07 Å². The number of hydrogen-bond donors (Lipinski definition) is 2. The minimum atomic E-state index is -0.321. The van der Waals surface area contributed by atoms with Crippen molar-refractivity contribution in [3.63, 3.8) is 0 Å². The van der Waals surface area contributed by atoms with Crippen LogP contribution in [0.15, 0.2) is 24.4 Å². The van der Waals surface area contributed by atoms with Gasteiger partial charge in [0.2, 0.25) is 0 Å². The molecule has 0 radical (unpaired) electrons. The molecule has 28 heavy (non-hydrogen) atoms. The van der Waals surface area contributed by atoms with Crippen LogP contribution < -0.4 is 10.6 Å². The normalized spacial score (nSPS) is 28.1. The third-order valence-electron chi connectivity index (χ3n) is 6.20. The summed E-state index contributed by atoms with van der Waals surface area (Å²) >= 11 is 2.21.